The van der Waals surface area contributed by atoms with Crippen molar-refractivity contribution in [3.63, 3.8) is 0 Å². The summed E-state index contributed by atoms with van der Waals surface area (Å²) in [5, 5.41) is 0. The van der Waals surface area contributed by atoms with E-state index in [2.05, 4.69) is 18.0 Å². The van der Waals surface area contributed by atoms with Gasteiger partial charge in [0.05, 0.1) is 21.6 Å². The number of nitrogens with zero attached hydrogens (tertiary/aromatic N) is 2. The Hall–Kier alpha value is -3.44. The Morgan fingerprint density at radius 3 is 2.39 bits per heavy atom. The van der Waals surface area contributed by atoms with Crippen molar-refractivity contribution in [1.82, 2.24) is 9.38 Å². The molecule has 0 aliphatic heterocycles. The first-order chi connectivity index (χ1) is 13.7. The van der Waals surface area contributed by atoms with Crippen molar-refractivity contribution in [2.45, 2.75) is 6.92 Å². The number of fused-ring (bicyclic) bond motifs is 3. The minimum atomic E-state index is -0.110. The fraction of sp³-hybridized carbons (Fsp3) is 0.0435. The molecule has 0 aliphatic carbocycles. The molecule has 0 aliphatic rings. The summed E-state index contributed by atoms with van der Waals surface area (Å²) in [6, 6.07) is 25.9. The van der Waals surface area contributed by atoms with Crippen molar-refractivity contribution in [2.75, 3.05) is 0 Å². The van der Waals surface area contributed by atoms with Crippen LogP contribution in [0.5, 0.6) is 0 Å². The number of thiazole rings is 1. The van der Waals surface area contributed by atoms with E-state index in [4.69, 9.17) is 4.99 Å². The van der Waals surface area contributed by atoms with Crippen molar-refractivity contribution in [3.8, 4) is 10.4 Å². The van der Waals surface area contributed by atoms with E-state index < -0.39 is 0 Å². The molecule has 2 aromatic heterocycles. The maximum absolute atomic E-state index is 13.0. The summed E-state index contributed by atoms with van der Waals surface area (Å²) in [4.78, 5) is 22.6. The fourth-order valence-electron chi connectivity index (χ4n) is 3.40. The van der Waals surface area contributed by atoms with Gasteiger partial charge in [0, 0.05) is 0 Å². The molecule has 4 nitrogen and oxygen atoms in total. The second-order valence-corrected chi connectivity index (χ2v) is 7.66. The fourth-order valence-corrected chi connectivity index (χ4v) is 4.54. The molecule has 0 saturated heterocycles. The normalized spacial score (nSPS) is 12.1. The van der Waals surface area contributed by atoms with Gasteiger partial charge in [0.25, 0.3) is 5.56 Å². The zero-order valence-electron chi connectivity index (χ0n) is 15.2. The number of hydrogen-bond acceptors (Lipinski definition) is 3. The van der Waals surface area contributed by atoms with Crippen LogP contribution in [0.25, 0.3) is 27.0 Å². The predicted molar refractivity (Wildman–Crippen MR) is 115 cm³/mol. The van der Waals surface area contributed by atoms with Gasteiger partial charge in [0.2, 0.25) is 0 Å². The Morgan fingerprint density at radius 2 is 1.64 bits per heavy atom. The van der Waals surface area contributed by atoms with Gasteiger partial charge < -0.3 is 4.98 Å². The second kappa shape index (κ2) is 6.62. The summed E-state index contributed by atoms with van der Waals surface area (Å²) in [5.74, 6) is 0. The Labute approximate surface area is 165 Å². The Kier molecular flexibility index (Phi) is 3.95. The zero-order valence-corrected chi connectivity index (χ0v) is 16.0. The highest BCUT2D eigenvalue weighted by Crippen LogP contribution is 2.28. The molecular formula is C23H17N3OS. The third-order valence-electron chi connectivity index (χ3n) is 4.70. The van der Waals surface area contributed by atoms with Gasteiger partial charge in [-0.1, -0.05) is 65.9 Å². The van der Waals surface area contributed by atoms with Crippen LogP contribution in [0.2, 0.25) is 0 Å². The highest BCUT2D eigenvalue weighted by atomic mass is 32.1. The maximum atomic E-state index is 13.0. The van der Waals surface area contributed by atoms with Gasteiger partial charge in [-0.15, -0.1) is 0 Å². The van der Waals surface area contributed by atoms with Gasteiger partial charge in [0.1, 0.15) is 5.52 Å². The van der Waals surface area contributed by atoms with Crippen LogP contribution in [0.4, 0.5) is 5.69 Å². The van der Waals surface area contributed by atoms with Crippen LogP contribution in [-0.4, -0.2) is 9.38 Å². The lowest BCUT2D eigenvalue weighted by molar-refractivity contribution is 1.11. The third-order valence-corrected chi connectivity index (χ3v) is 5.79. The third kappa shape index (κ3) is 2.77. The van der Waals surface area contributed by atoms with Crippen LogP contribution in [0, 0.1) is 6.92 Å². The summed E-state index contributed by atoms with van der Waals surface area (Å²) in [7, 11) is 0. The molecule has 0 bridgehead atoms. The van der Waals surface area contributed by atoms with E-state index in [1.165, 1.54) is 11.3 Å². The summed E-state index contributed by atoms with van der Waals surface area (Å²) in [6.07, 6.45) is 0. The zero-order chi connectivity index (χ0) is 19.1. The Bertz CT molecular complexity index is 1430. The number of benzene rings is 3. The minimum Gasteiger partial charge on any atom is -0.319 e. The van der Waals surface area contributed by atoms with Crippen LogP contribution in [0.1, 0.15) is 5.56 Å². The van der Waals surface area contributed by atoms with Gasteiger partial charge >= 0.3 is 0 Å². The number of rotatable bonds is 2. The molecule has 28 heavy (non-hydrogen) atoms. The standard InChI is InChI=1S/C23H17N3OS/c1-15-12-13-18-19(14-15)26-20(22(27)25-18)21(16-8-4-2-5-9-16)28-23(26)24-17-10-6-3-7-11-17/h2-14H,1H3,(H,25,27). The molecule has 0 unspecified atom stereocenters. The molecule has 0 atom stereocenters. The second-order valence-electron chi connectivity index (χ2n) is 6.69. The molecule has 2 heterocycles. The van der Waals surface area contributed by atoms with E-state index in [1.807, 2.05) is 77.2 Å². The van der Waals surface area contributed by atoms with Crippen LogP contribution < -0.4 is 10.4 Å². The molecule has 5 heteroatoms. The highest BCUT2D eigenvalue weighted by Gasteiger charge is 2.15. The van der Waals surface area contributed by atoms with E-state index in [0.717, 1.165) is 37.5 Å². The lowest BCUT2D eigenvalue weighted by Crippen LogP contribution is -2.16. The average molecular weight is 383 g/mol. The SMILES string of the molecule is Cc1ccc2[nH]c(=O)c3c(-c4ccccc4)sc(=Nc4ccccc4)n3c2c1. The molecule has 136 valence electrons. The Balaban J connectivity index is 1.99. The molecule has 3 aromatic carbocycles. The molecule has 0 saturated carbocycles. The van der Waals surface area contributed by atoms with Crippen LogP contribution >= 0.6 is 11.3 Å². The topological polar surface area (TPSA) is 49.6 Å². The van der Waals surface area contributed by atoms with Gasteiger partial charge in [-0.05, 0) is 42.3 Å². The molecule has 0 amide bonds. The summed E-state index contributed by atoms with van der Waals surface area (Å²) in [5.41, 5.74) is 5.27. The van der Waals surface area contributed by atoms with E-state index in [9.17, 15) is 4.79 Å². The van der Waals surface area contributed by atoms with Crippen LogP contribution in [0.3, 0.4) is 0 Å². The van der Waals surface area contributed by atoms with Crippen LogP contribution in [0.15, 0.2) is 88.6 Å². The van der Waals surface area contributed by atoms with Crippen molar-refractivity contribution >= 4 is 33.6 Å². The summed E-state index contributed by atoms with van der Waals surface area (Å²) >= 11 is 1.53. The summed E-state index contributed by atoms with van der Waals surface area (Å²) in [6.45, 7) is 2.05. The number of aromatic amines is 1. The van der Waals surface area contributed by atoms with Gasteiger partial charge in [-0.3, -0.25) is 9.20 Å². The van der Waals surface area contributed by atoms with Crippen LogP contribution in [-0.2, 0) is 0 Å². The van der Waals surface area contributed by atoms with E-state index >= 15 is 0 Å². The highest BCUT2D eigenvalue weighted by molar-refractivity contribution is 7.13. The maximum Gasteiger partial charge on any atom is 0.274 e. The van der Waals surface area contributed by atoms with Gasteiger partial charge in [-0.25, -0.2) is 4.99 Å². The molecular weight excluding hydrogens is 366 g/mol. The lowest BCUT2D eigenvalue weighted by atomic mass is 10.1. The lowest BCUT2D eigenvalue weighted by Gasteiger charge is -2.05. The first-order valence-electron chi connectivity index (χ1n) is 9.04. The van der Waals surface area contributed by atoms with E-state index in [0.29, 0.717) is 5.52 Å². The van der Waals surface area contributed by atoms with Crippen molar-refractivity contribution in [3.05, 3.63) is 99.6 Å². The van der Waals surface area contributed by atoms with Crippen molar-refractivity contribution < 1.29 is 0 Å². The number of hydrogen-bond donors (Lipinski definition) is 1. The average Bonchev–Trinajstić information content (AvgIpc) is 3.10. The number of aromatic nitrogens is 2. The van der Waals surface area contributed by atoms with Crippen molar-refractivity contribution in [2.24, 2.45) is 4.99 Å². The molecule has 0 spiro atoms. The van der Waals surface area contributed by atoms with Crippen molar-refractivity contribution in [1.29, 1.82) is 0 Å². The van der Waals surface area contributed by atoms with E-state index in [-0.39, 0.29) is 5.56 Å². The molecule has 5 aromatic rings. The summed E-state index contributed by atoms with van der Waals surface area (Å²) < 4.78 is 1.99. The first kappa shape index (κ1) is 16.7. The number of nitrogens with one attached hydrogen (secondary N) is 1. The monoisotopic (exact) mass is 383 g/mol. The first-order valence-corrected chi connectivity index (χ1v) is 9.86. The van der Waals surface area contributed by atoms with Gasteiger partial charge in [-0.2, -0.15) is 0 Å². The number of para-hydroxylation sites is 1. The molecule has 0 fully saturated rings. The van der Waals surface area contributed by atoms with E-state index in [1.54, 1.807) is 0 Å². The largest absolute Gasteiger partial charge is 0.319 e. The molecule has 5 rings (SSSR count). The quantitative estimate of drug-likeness (QED) is 0.456. The number of aryl methyl sites for hydroxylation is 1. The predicted octanol–water partition coefficient (Wildman–Crippen LogP) is 5.05. The Morgan fingerprint density at radius 1 is 0.929 bits per heavy atom. The number of H-pyrrole nitrogens is 1. The molecule has 0 radical (unpaired) electrons. The smallest absolute Gasteiger partial charge is 0.274 e. The molecule has 1 N–H and O–H groups in total. The van der Waals surface area contributed by atoms with Gasteiger partial charge in [0.15, 0.2) is 4.80 Å². The minimum absolute atomic E-state index is 0.110.